The fourth-order valence-electron chi connectivity index (χ4n) is 2.12. The SMILES string of the molecule is N#CCc1cccc(OCC2CCCNC2)c1. The van der Waals surface area contributed by atoms with Crippen LogP contribution in [-0.4, -0.2) is 19.7 Å². The summed E-state index contributed by atoms with van der Waals surface area (Å²) in [6.45, 7) is 2.95. The highest BCUT2D eigenvalue weighted by Crippen LogP contribution is 2.16. The number of nitrogens with one attached hydrogen (secondary N) is 1. The van der Waals surface area contributed by atoms with E-state index in [2.05, 4.69) is 11.4 Å². The van der Waals surface area contributed by atoms with Crippen LogP contribution in [0.15, 0.2) is 24.3 Å². The van der Waals surface area contributed by atoms with Crippen LogP contribution >= 0.6 is 0 Å². The van der Waals surface area contributed by atoms with Crippen molar-refractivity contribution in [3.05, 3.63) is 29.8 Å². The Balaban J connectivity index is 1.85. The summed E-state index contributed by atoms with van der Waals surface area (Å²) in [4.78, 5) is 0. The summed E-state index contributed by atoms with van der Waals surface area (Å²) >= 11 is 0. The van der Waals surface area contributed by atoms with Crippen molar-refractivity contribution in [1.82, 2.24) is 5.32 Å². The smallest absolute Gasteiger partial charge is 0.119 e. The Morgan fingerprint density at radius 2 is 2.41 bits per heavy atom. The molecule has 0 aromatic heterocycles. The second-order valence-corrected chi connectivity index (χ2v) is 4.51. The molecule has 0 saturated carbocycles. The lowest BCUT2D eigenvalue weighted by Crippen LogP contribution is -2.33. The van der Waals surface area contributed by atoms with Gasteiger partial charge in [0.15, 0.2) is 0 Å². The summed E-state index contributed by atoms with van der Waals surface area (Å²) in [5.74, 6) is 1.49. The molecule has 0 aliphatic carbocycles. The Hall–Kier alpha value is -1.53. The summed E-state index contributed by atoms with van der Waals surface area (Å²) in [7, 11) is 0. The molecular formula is C14H18N2O. The van der Waals surface area contributed by atoms with Crippen LogP contribution in [0.4, 0.5) is 0 Å². The molecule has 2 rings (SSSR count). The highest BCUT2D eigenvalue weighted by molar-refractivity contribution is 5.30. The first-order valence-electron chi connectivity index (χ1n) is 6.18. The minimum atomic E-state index is 0.447. The predicted octanol–water partition coefficient (Wildman–Crippen LogP) is 2.13. The van der Waals surface area contributed by atoms with E-state index in [-0.39, 0.29) is 0 Å². The molecule has 3 heteroatoms. The van der Waals surface area contributed by atoms with E-state index in [9.17, 15) is 0 Å². The van der Waals surface area contributed by atoms with Gasteiger partial charge in [0.25, 0.3) is 0 Å². The van der Waals surface area contributed by atoms with Crippen LogP contribution in [0.2, 0.25) is 0 Å². The average molecular weight is 230 g/mol. The number of nitriles is 1. The highest BCUT2D eigenvalue weighted by atomic mass is 16.5. The molecule has 3 nitrogen and oxygen atoms in total. The number of rotatable bonds is 4. The number of hydrogen-bond donors (Lipinski definition) is 1. The average Bonchev–Trinajstić information content (AvgIpc) is 2.39. The number of nitrogens with zero attached hydrogens (tertiary/aromatic N) is 1. The van der Waals surface area contributed by atoms with Crippen molar-refractivity contribution in [3.8, 4) is 11.8 Å². The molecule has 0 bridgehead atoms. The zero-order chi connectivity index (χ0) is 11.9. The number of benzene rings is 1. The monoisotopic (exact) mass is 230 g/mol. The molecule has 0 amide bonds. The fraction of sp³-hybridized carbons (Fsp3) is 0.500. The number of hydrogen-bond acceptors (Lipinski definition) is 3. The van der Waals surface area contributed by atoms with Gasteiger partial charge in [-0.15, -0.1) is 0 Å². The molecule has 1 unspecified atom stereocenters. The zero-order valence-corrected chi connectivity index (χ0v) is 9.98. The lowest BCUT2D eigenvalue weighted by molar-refractivity contribution is 0.218. The van der Waals surface area contributed by atoms with Crippen LogP contribution in [0, 0.1) is 17.2 Å². The van der Waals surface area contributed by atoms with Crippen molar-refractivity contribution >= 4 is 0 Å². The molecule has 1 aromatic carbocycles. The first-order chi connectivity index (χ1) is 8.38. The quantitative estimate of drug-likeness (QED) is 0.861. The first kappa shape index (κ1) is 11.9. The van der Waals surface area contributed by atoms with Crippen molar-refractivity contribution in [2.45, 2.75) is 19.3 Å². The molecule has 1 atom stereocenters. The van der Waals surface area contributed by atoms with Crippen LogP contribution in [0.3, 0.4) is 0 Å². The van der Waals surface area contributed by atoms with Crippen molar-refractivity contribution in [1.29, 1.82) is 5.26 Å². The van der Waals surface area contributed by atoms with E-state index in [0.717, 1.165) is 31.0 Å². The van der Waals surface area contributed by atoms with E-state index in [1.54, 1.807) is 0 Å². The topological polar surface area (TPSA) is 45.0 Å². The van der Waals surface area contributed by atoms with Gasteiger partial charge in [-0.25, -0.2) is 0 Å². The normalized spacial score (nSPS) is 19.6. The van der Waals surface area contributed by atoms with E-state index < -0.39 is 0 Å². The lowest BCUT2D eigenvalue weighted by Gasteiger charge is -2.22. The van der Waals surface area contributed by atoms with E-state index in [0.29, 0.717) is 12.3 Å². The predicted molar refractivity (Wildman–Crippen MR) is 66.8 cm³/mol. The molecule has 1 heterocycles. The minimum absolute atomic E-state index is 0.447. The van der Waals surface area contributed by atoms with E-state index in [1.807, 2.05) is 24.3 Å². The summed E-state index contributed by atoms with van der Waals surface area (Å²) < 4.78 is 5.78. The Morgan fingerprint density at radius 3 is 3.18 bits per heavy atom. The fourth-order valence-corrected chi connectivity index (χ4v) is 2.12. The van der Waals surface area contributed by atoms with Gasteiger partial charge in [-0.3, -0.25) is 0 Å². The van der Waals surface area contributed by atoms with Crippen LogP contribution in [0.1, 0.15) is 18.4 Å². The van der Waals surface area contributed by atoms with Gasteiger partial charge in [-0.2, -0.15) is 5.26 Å². The van der Waals surface area contributed by atoms with Crippen LogP contribution in [-0.2, 0) is 6.42 Å². The van der Waals surface area contributed by atoms with Gasteiger partial charge in [0, 0.05) is 12.5 Å². The zero-order valence-electron chi connectivity index (χ0n) is 9.98. The van der Waals surface area contributed by atoms with Crippen LogP contribution < -0.4 is 10.1 Å². The molecule has 1 saturated heterocycles. The summed E-state index contributed by atoms with van der Waals surface area (Å²) in [6.07, 6.45) is 2.93. The van der Waals surface area contributed by atoms with Gasteiger partial charge in [0.2, 0.25) is 0 Å². The number of piperidine rings is 1. The third kappa shape index (κ3) is 3.76. The summed E-state index contributed by atoms with van der Waals surface area (Å²) in [5, 5.41) is 12.0. The Morgan fingerprint density at radius 1 is 1.47 bits per heavy atom. The second kappa shape index (κ2) is 6.27. The van der Waals surface area contributed by atoms with Crippen LogP contribution in [0.5, 0.6) is 5.75 Å². The molecule has 0 spiro atoms. The van der Waals surface area contributed by atoms with Gasteiger partial charge in [-0.1, -0.05) is 12.1 Å². The highest BCUT2D eigenvalue weighted by Gasteiger charge is 2.13. The van der Waals surface area contributed by atoms with Crippen molar-refractivity contribution in [3.63, 3.8) is 0 Å². The van der Waals surface area contributed by atoms with Crippen molar-refractivity contribution < 1.29 is 4.74 Å². The summed E-state index contributed by atoms with van der Waals surface area (Å²) in [5.41, 5.74) is 1.02. The molecule has 1 N–H and O–H groups in total. The third-order valence-corrected chi connectivity index (χ3v) is 3.07. The molecule has 90 valence electrons. The molecule has 1 aromatic rings. The van der Waals surface area contributed by atoms with Gasteiger partial charge >= 0.3 is 0 Å². The first-order valence-corrected chi connectivity index (χ1v) is 6.18. The lowest BCUT2D eigenvalue weighted by atomic mass is 10.0. The molecule has 1 fully saturated rings. The molecule has 1 aliphatic heterocycles. The van der Waals surface area contributed by atoms with Gasteiger partial charge in [0.05, 0.1) is 19.1 Å². The summed E-state index contributed by atoms with van der Waals surface area (Å²) in [6, 6.07) is 9.97. The second-order valence-electron chi connectivity index (χ2n) is 4.51. The van der Waals surface area contributed by atoms with Crippen molar-refractivity contribution in [2.75, 3.05) is 19.7 Å². The maximum Gasteiger partial charge on any atom is 0.119 e. The maximum absolute atomic E-state index is 8.65. The molecule has 1 aliphatic rings. The Bertz CT molecular complexity index is 391. The van der Waals surface area contributed by atoms with E-state index >= 15 is 0 Å². The molecule has 17 heavy (non-hydrogen) atoms. The van der Waals surface area contributed by atoms with Gasteiger partial charge < -0.3 is 10.1 Å². The van der Waals surface area contributed by atoms with Gasteiger partial charge in [0.1, 0.15) is 5.75 Å². The molecular weight excluding hydrogens is 212 g/mol. The van der Waals surface area contributed by atoms with Crippen LogP contribution in [0.25, 0.3) is 0 Å². The maximum atomic E-state index is 8.65. The van der Waals surface area contributed by atoms with E-state index in [4.69, 9.17) is 10.00 Å². The van der Waals surface area contributed by atoms with E-state index in [1.165, 1.54) is 12.8 Å². The standard InChI is InChI=1S/C14H18N2O/c15-7-6-12-3-1-5-14(9-12)17-11-13-4-2-8-16-10-13/h1,3,5,9,13,16H,2,4,6,8,10-11H2. The largest absolute Gasteiger partial charge is 0.493 e. The Labute approximate surface area is 102 Å². The third-order valence-electron chi connectivity index (χ3n) is 3.07. The minimum Gasteiger partial charge on any atom is -0.493 e. The van der Waals surface area contributed by atoms with Crippen molar-refractivity contribution in [2.24, 2.45) is 5.92 Å². The number of ether oxygens (including phenoxy) is 1. The Kier molecular flexibility index (Phi) is 4.40. The molecule has 0 radical (unpaired) electrons. The van der Waals surface area contributed by atoms with Gasteiger partial charge in [-0.05, 0) is 37.1 Å².